The third-order valence-corrected chi connectivity index (χ3v) is 5.74. The number of rotatable bonds is 10. The van der Waals surface area contributed by atoms with E-state index >= 15 is 0 Å². The van der Waals surface area contributed by atoms with Crippen molar-refractivity contribution in [2.75, 3.05) is 54.5 Å². The van der Waals surface area contributed by atoms with Gasteiger partial charge < -0.3 is 24.7 Å². The van der Waals surface area contributed by atoms with E-state index in [1.165, 1.54) is 0 Å². The van der Waals surface area contributed by atoms with Crippen LogP contribution in [0.5, 0.6) is 0 Å². The molecule has 0 saturated heterocycles. The van der Waals surface area contributed by atoms with Gasteiger partial charge in [-0.05, 0) is 89.5 Å². The molecule has 0 heterocycles. The van der Waals surface area contributed by atoms with Crippen molar-refractivity contribution in [3.8, 4) is 0 Å². The summed E-state index contributed by atoms with van der Waals surface area (Å²) in [6, 6.07) is 4.22. The van der Waals surface area contributed by atoms with Gasteiger partial charge in [0.15, 0.2) is 23.3 Å². The van der Waals surface area contributed by atoms with E-state index in [-0.39, 0.29) is 13.2 Å². The van der Waals surface area contributed by atoms with Crippen LogP contribution in [0.4, 0.5) is 17.6 Å². The zero-order chi connectivity index (χ0) is 27.0. The molecule has 0 unspecified atom stereocenters. The van der Waals surface area contributed by atoms with E-state index in [1.807, 2.05) is 28.2 Å². The standard InChI is InChI=1S/C12H16BrF2NO.C7H5BrF2O.C5H13NO/c1-16(2)4-3-5-17-8-9-6-11(14)12(15)7-10(9)13;8-5-2-7(10)6(9)1-4(5)3-11;1-6(2)4-3-5-7/h6-7H,3-5,8H2,1-2H3;1-2,11H,3H2;7H,3-5H2,1-2H3. The Balaban J connectivity index is 0.000000550. The highest BCUT2D eigenvalue weighted by atomic mass is 79.9. The number of ether oxygens (including phenoxy) is 1. The third kappa shape index (κ3) is 15.6. The number of hydrogen-bond donors (Lipinski definition) is 2. The van der Waals surface area contributed by atoms with Crippen LogP contribution in [0.3, 0.4) is 0 Å². The number of nitrogens with zero attached hydrogens (tertiary/aromatic N) is 2. The highest BCUT2D eigenvalue weighted by molar-refractivity contribution is 9.10. The Kier molecular flexibility index (Phi) is 18.5. The average molecular weight is 634 g/mol. The Morgan fingerprint density at radius 1 is 0.714 bits per heavy atom. The van der Waals surface area contributed by atoms with E-state index < -0.39 is 23.3 Å². The molecular formula is C24H34Br2F4N2O3. The fourth-order valence-electron chi connectivity index (χ4n) is 2.41. The molecule has 0 fully saturated rings. The molecule has 35 heavy (non-hydrogen) atoms. The summed E-state index contributed by atoms with van der Waals surface area (Å²) < 4.78 is 57.0. The van der Waals surface area contributed by atoms with Crippen molar-refractivity contribution in [2.45, 2.75) is 26.1 Å². The van der Waals surface area contributed by atoms with Crippen LogP contribution in [0.2, 0.25) is 0 Å². The largest absolute Gasteiger partial charge is 0.396 e. The summed E-state index contributed by atoms with van der Waals surface area (Å²) >= 11 is 6.15. The summed E-state index contributed by atoms with van der Waals surface area (Å²) in [5, 5.41) is 16.9. The first-order valence-corrected chi connectivity index (χ1v) is 12.4. The summed E-state index contributed by atoms with van der Waals surface area (Å²) in [5.41, 5.74) is 0.956. The molecule has 11 heteroatoms. The lowest BCUT2D eigenvalue weighted by molar-refractivity contribution is 0.112. The molecule has 2 aromatic carbocycles. The quantitative estimate of drug-likeness (QED) is 0.210. The molecule has 0 atom stereocenters. The maximum absolute atomic E-state index is 13.0. The third-order valence-electron chi connectivity index (χ3n) is 4.26. The Hall–Kier alpha value is -1.08. The maximum atomic E-state index is 13.0. The fraction of sp³-hybridized carbons (Fsp3) is 0.500. The molecular weight excluding hydrogens is 600 g/mol. The average Bonchev–Trinajstić information content (AvgIpc) is 2.78. The summed E-state index contributed by atoms with van der Waals surface area (Å²) in [5.74, 6) is -3.57. The minimum Gasteiger partial charge on any atom is -0.396 e. The van der Waals surface area contributed by atoms with Crippen molar-refractivity contribution in [3.05, 3.63) is 67.6 Å². The second-order valence-corrected chi connectivity index (χ2v) is 9.67. The lowest BCUT2D eigenvalue weighted by Crippen LogP contribution is -2.14. The molecule has 200 valence electrons. The van der Waals surface area contributed by atoms with Crippen LogP contribution in [0.1, 0.15) is 24.0 Å². The van der Waals surface area contributed by atoms with Gasteiger partial charge in [0, 0.05) is 22.2 Å². The first-order chi connectivity index (χ1) is 16.4. The summed E-state index contributed by atoms with van der Waals surface area (Å²) in [6.07, 6.45) is 1.79. The van der Waals surface area contributed by atoms with E-state index in [9.17, 15) is 17.6 Å². The lowest BCUT2D eigenvalue weighted by Gasteiger charge is -2.10. The first-order valence-electron chi connectivity index (χ1n) is 10.8. The van der Waals surface area contributed by atoms with Crippen LogP contribution in [0, 0.1) is 23.3 Å². The Morgan fingerprint density at radius 2 is 1.14 bits per heavy atom. The molecule has 0 aliphatic heterocycles. The molecule has 0 saturated carbocycles. The van der Waals surface area contributed by atoms with E-state index in [4.69, 9.17) is 14.9 Å². The normalized spacial score (nSPS) is 10.7. The van der Waals surface area contributed by atoms with Crippen LogP contribution >= 0.6 is 31.9 Å². The maximum Gasteiger partial charge on any atom is 0.159 e. The van der Waals surface area contributed by atoms with Gasteiger partial charge in [-0.3, -0.25) is 0 Å². The minimum atomic E-state index is -0.947. The van der Waals surface area contributed by atoms with Crippen molar-refractivity contribution >= 4 is 31.9 Å². The SMILES string of the molecule is CN(C)CCCO.CN(C)CCCOCc1cc(F)c(F)cc1Br.OCc1cc(F)c(F)cc1Br. The molecule has 2 aromatic rings. The van der Waals surface area contributed by atoms with Gasteiger partial charge in [0.1, 0.15) is 0 Å². The Labute approximate surface area is 221 Å². The van der Waals surface area contributed by atoms with Gasteiger partial charge >= 0.3 is 0 Å². The van der Waals surface area contributed by atoms with Gasteiger partial charge in [-0.15, -0.1) is 0 Å². The van der Waals surface area contributed by atoms with Gasteiger partial charge in [-0.1, -0.05) is 31.9 Å². The fourth-order valence-corrected chi connectivity index (χ4v) is 3.28. The smallest absolute Gasteiger partial charge is 0.159 e. The molecule has 0 aromatic heterocycles. The molecule has 0 aliphatic rings. The number of halogens is 6. The highest BCUT2D eigenvalue weighted by Crippen LogP contribution is 2.21. The van der Waals surface area contributed by atoms with Crippen molar-refractivity contribution in [3.63, 3.8) is 0 Å². The summed E-state index contributed by atoms with van der Waals surface area (Å²) in [7, 11) is 7.98. The van der Waals surface area contributed by atoms with Crippen LogP contribution in [0.25, 0.3) is 0 Å². The highest BCUT2D eigenvalue weighted by Gasteiger charge is 2.08. The van der Waals surface area contributed by atoms with Crippen molar-refractivity contribution in [1.29, 1.82) is 0 Å². The van der Waals surface area contributed by atoms with Crippen LogP contribution in [-0.4, -0.2) is 74.5 Å². The predicted octanol–water partition coefficient (Wildman–Crippen LogP) is 5.35. The minimum absolute atomic E-state index is 0.283. The second kappa shape index (κ2) is 19.1. The number of benzene rings is 2. The van der Waals surface area contributed by atoms with Gasteiger partial charge in [-0.25, -0.2) is 17.6 Å². The van der Waals surface area contributed by atoms with Gasteiger partial charge in [-0.2, -0.15) is 0 Å². The predicted molar refractivity (Wildman–Crippen MR) is 137 cm³/mol. The van der Waals surface area contributed by atoms with Crippen LogP contribution in [-0.2, 0) is 18.0 Å². The summed E-state index contributed by atoms with van der Waals surface area (Å²) in [6.45, 7) is 2.81. The van der Waals surface area contributed by atoms with Crippen LogP contribution in [0.15, 0.2) is 33.2 Å². The topological polar surface area (TPSA) is 56.2 Å². The van der Waals surface area contributed by atoms with E-state index in [0.29, 0.717) is 33.3 Å². The molecule has 0 bridgehead atoms. The van der Waals surface area contributed by atoms with Crippen LogP contribution < -0.4 is 0 Å². The van der Waals surface area contributed by atoms with Gasteiger partial charge in [0.05, 0.1) is 13.2 Å². The monoisotopic (exact) mass is 632 g/mol. The van der Waals surface area contributed by atoms with Gasteiger partial charge in [0.25, 0.3) is 0 Å². The molecule has 5 nitrogen and oxygen atoms in total. The molecule has 2 N–H and O–H groups in total. The van der Waals surface area contributed by atoms with Crippen molar-refractivity contribution in [2.24, 2.45) is 0 Å². The molecule has 2 rings (SSSR count). The Bertz CT molecular complexity index is 875. The summed E-state index contributed by atoms with van der Waals surface area (Å²) in [4.78, 5) is 4.12. The van der Waals surface area contributed by atoms with E-state index in [1.54, 1.807) is 0 Å². The van der Waals surface area contributed by atoms with Crippen molar-refractivity contribution in [1.82, 2.24) is 9.80 Å². The van der Waals surface area contributed by atoms with Gasteiger partial charge in [0.2, 0.25) is 0 Å². The zero-order valence-corrected chi connectivity index (χ0v) is 23.6. The number of aliphatic hydroxyl groups excluding tert-OH is 2. The van der Waals surface area contributed by atoms with E-state index in [0.717, 1.165) is 50.2 Å². The van der Waals surface area contributed by atoms with Crippen molar-refractivity contribution < 1.29 is 32.5 Å². The first kappa shape index (κ1) is 33.9. The number of aliphatic hydroxyl groups is 2. The molecule has 0 amide bonds. The molecule has 0 radical (unpaired) electrons. The second-order valence-electron chi connectivity index (χ2n) is 7.96. The Morgan fingerprint density at radius 3 is 1.57 bits per heavy atom. The lowest BCUT2D eigenvalue weighted by atomic mass is 10.2. The molecule has 0 spiro atoms. The zero-order valence-electron chi connectivity index (χ0n) is 20.4. The number of hydrogen-bond acceptors (Lipinski definition) is 5. The molecule has 0 aliphatic carbocycles. The van der Waals surface area contributed by atoms with E-state index in [2.05, 4.69) is 41.7 Å².